The fourth-order valence-corrected chi connectivity index (χ4v) is 4.60. The second-order valence-electron chi connectivity index (χ2n) is 13.6. The van der Waals surface area contributed by atoms with E-state index in [0.29, 0.717) is 5.56 Å². The van der Waals surface area contributed by atoms with Crippen LogP contribution in [-0.4, -0.2) is 58.6 Å². The Bertz CT molecular complexity index is 1340. The monoisotopic (exact) mass is 620 g/mol. The number of esters is 1. The van der Waals surface area contributed by atoms with Crippen molar-refractivity contribution in [2.75, 3.05) is 6.54 Å². The average Bonchev–Trinajstić information content (AvgIpc) is 2.91. The summed E-state index contributed by atoms with van der Waals surface area (Å²) in [6.45, 7) is 15.6. The molecule has 2 aromatic rings. The molecule has 0 aliphatic carbocycles. The summed E-state index contributed by atoms with van der Waals surface area (Å²) in [5, 5.41) is 15.3. The number of nitrogens with one attached hydrogen (secondary N) is 2. The van der Waals surface area contributed by atoms with Gasteiger partial charge in [0.2, 0.25) is 11.8 Å². The Balaban J connectivity index is 2.57. The zero-order chi connectivity index (χ0) is 33.9. The molecule has 0 spiro atoms. The molecule has 2 N–H and O–H groups in total. The first-order valence-corrected chi connectivity index (χ1v) is 15.2. The van der Waals surface area contributed by atoms with Crippen LogP contribution in [0.3, 0.4) is 0 Å². The number of carbonyl (C=O) groups is 4. The van der Waals surface area contributed by atoms with Crippen LogP contribution in [0.2, 0.25) is 0 Å². The van der Waals surface area contributed by atoms with E-state index in [4.69, 9.17) is 9.47 Å². The third-order valence-electron chi connectivity index (χ3n) is 6.46. The highest BCUT2D eigenvalue weighted by molar-refractivity contribution is 5.94. The summed E-state index contributed by atoms with van der Waals surface area (Å²) in [5.41, 5.74) is 0.541. The smallest absolute Gasteiger partial charge is 0.408 e. The fraction of sp³-hybridized carbons (Fsp3) is 0.514. The highest BCUT2D eigenvalue weighted by atomic mass is 16.6. The maximum atomic E-state index is 14.2. The van der Waals surface area contributed by atoms with Crippen molar-refractivity contribution < 1.29 is 28.7 Å². The molecule has 0 fully saturated rings. The minimum atomic E-state index is -1.30. The standard InChI is InChI=1S/C35H48N4O6/c1-23(2)21-27(38-33(43)45-35(7,8)9)31(41)39(20-19-36)29(26-17-15-24(3)16-18-26)30(40)37-28(32(42)44-34(4,5)6)22-25-13-11-10-12-14-25/h10-18,23,27-29H,20-22H2,1-9H3,(H,37,40)(H,38,43). The number of amides is 3. The van der Waals surface area contributed by atoms with Crippen LogP contribution in [0.1, 0.15) is 84.5 Å². The summed E-state index contributed by atoms with van der Waals surface area (Å²) >= 11 is 0. The molecule has 0 aromatic heterocycles. The van der Waals surface area contributed by atoms with Crippen LogP contribution in [0.5, 0.6) is 0 Å². The van der Waals surface area contributed by atoms with E-state index in [0.717, 1.165) is 16.0 Å². The molecule has 244 valence electrons. The van der Waals surface area contributed by atoms with Gasteiger partial charge in [-0.2, -0.15) is 5.26 Å². The van der Waals surface area contributed by atoms with Gasteiger partial charge in [-0.25, -0.2) is 9.59 Å². The lowest BCUT2D eigenvalue weighted by atomic mass is 9.98. The van der Waals surface area contributed by atoms with Crippen LogP contribution >= 0.6 is 0 Å². The Hall–Kier alpha value is -4.39. The topological polar surface area (TPSA) is 138 Å². The number of rotatable bonds is 12. The van der Waals surface area contributed by atoms with Gasteiger partial charge in [-0.15, -0.1) is 0 Å². The summed E-state index contributed by atoms with van der Waals surface area (Å²) in [7, 11) is 0. The Morgan fingerprint density at radius 2 is 1.42 bits per heavy atom. The second-order valence-corrected chi connectivity index (χ2v) is 13.6. The molecule has 10 nitrogen and oxygen atoms in total. The normalized spacial score (nSPS) is 13.5. The quantitative estimate of drug-likeness (QED) is 0.239. The van der Waals surface area contributed by atoms with Crippen LogP contribution in [0.4, 0.5) is 4.79 Å². The highest BCUT2D eigenvalue weighted by Gasteiger charge is 2.38. The molecule has 0 bridgehead atoms. The van der Waals surface area contributed by atoms with E-state index in [1.54, 1.807) is 65.8 Å². The maximum Gasteiger partial charge on any atom is 0.408 e. The lowest BCUT2D eigenvalue weighted by molar-refractivity contribution is -0.159. The molecule has 0 aliphatic rings. The second kappa shape index (κ2) is 16.1. The number of hydrogen-bond acceptors (Lipinski definition) is 7. The summed E-state index contributed by atoms with van der Waals surface area (Å²) in [4.78, 5) is 55.7. The SMILES string of the molecule is Cc1ccc(C(C(=O)NC(Cc2ccccc2)C(=O)OC(C)(C)C)N(CC#N)C(=O)C(CC(C)C)NC(=O)OC(C)(C)C)cc1. The Labute approximate surface area is 267 Å². The van der Waals surface area contributed by atoms with Crippen LogP contribution in [-0.2, 0) is 30.3 Å². The van der Waals surface area contributed by atoms with Crippen LogP contribution < -0.4 is 10.6 Å². The molecule has 0 radical (unpaired) electrons. The molecular weight excluding hydrogens is 572 g/mol. The van der Waals surface area contributed by atoms with Gasteiger partial charge in [0, 0.05) is 6.42 Å². The first kappa shape index (κ1) is 36.8. The van der Waals surface area contributed by atoms with Gasteiger partial charge in [-0.05, 0) is 71.9 Å². The van der Waals surface area contributed by atoms with Gasteiger partial charge in [0.05, 0.1) is 6.07 Å². The van der Waals surface area contributed by atoms with Crippen molar-refractivity contribution >= 4 is 23.9 Å². The zero-order valence-electron chi connectivity index (χ0n) is 28.0. The van der Waals surface area contributed by atoms with Gasteiger partial charge in [0.15, 0.2) is 0 Å². The molecule has 0 saturated heterocycles. The van der Waals surface area contributed by atoms with Crippen molar-refractivity contribution in [1.29, 1.82) is 5.26 Å². The molecule has 3 atom stereocenters. The molecule has 3 amide bonds. The summed E-state index contributed by atoms with van der Waals surface area (Å²) in [5.74, 6) is -1.96. The number of carbonyl (C=O) groups excluding carboxylic acids is 4. The predicted molar refractivity (Wildman–Crippen MR) is 172 cm³/mol. The molecule has 0 aliphatic heterocycles. The van der Waals surface area contributed by atoms with Gasteiger partial charge in [0.1, 0.15) is 35.9 Å². The number of ether oxygens (including phenoxy) is 2. The maximum absolute atomic E-state index is 14.2. The van der Waals surface area contributed by atoms with Gasteiger partial charge >= 0.3 is 12.1 Å². The van der Waals surface area contributed by atoms with Crippen molar-refractivity contribution in [3.8, 4) is 6.07 Å². The van der Waals surface area contributed by atoms with Gasteiger partial charge in [0.25, 0.3) is 0 Å². The van der Waals surface area contributed by atoms with E-state index in [9.17, 15) is 24.4 Å². The largest absolute Gasteiger partial charge is 0.458 e. The number of nitrogens with zero attached hydrogens (tertiary/aromatic N) is 2. The van der Waals surface area contributed by atoms with Crippen molar-refractivity contribution in [1.82, 2.24) is 15.5 Å². The number of nitriles is 1. The Morgan fingerprint density at radius 1 is 0.844 bits per heavy atom. The number of aryl methyl sites for hydroxylation is 1. The molecular formula is C35H48N4O6. The first-order valence-electron chi connectivity index (χ1n) is 15.2. The van der Waals surface area contributed by atoms with Crippen molar-refractivity contribution in [3.63, 3.8) is 0 Å². The van der Waals surface area contributed by atoms with Crippen molar-refractivity contribution in [2.24, 2.45) is 5.92 Å². The number of benzene rings is 2. The number of hydrogen-bond donors (Lipinski definition) is 2. The molecule has 2 aromatic carbocycles. The molecule has 0 saturated carbocycles. The van der Waals surface area contributed by atoms with Crippen LogP contribution in [0, 0.1) is 24.2 Å². The summed E-state index contributed by atoms with van der Waals surface area (Å²) in [6, 6.07) is 14.7. The molecule has 0 heterocycles. The Morgan fingerprint density at radius 3 is 1.93 bits per heavy atom. The minimum Gasteiger partial charge on any atom is -0.458 e. The first-order chi connectivity index (χ1) is 20.9. The van der Waals surface area contributed by atoms with E-state index in [-0.39, 0.29) is 18.8 Å². The van der Waals surface area contributed by atoms with E-state index < -0.39 is 59.7 Å². The molecule has 45 heavy (non-hydrogen) atoms. The van der Waals surface area contributed by atoms with E-state index in [2.05, 4.69) is 10.6 Å². The number of alkyl carbamates (subject to hydrolysis) is 1. The molecule has 2 rings (SSSR count). The fourth-order valence-electron chi connectivity index (χ4n) is 4.60. The van der Waals surface area contributed by atoms with E-state index >= 15 is 0 Å². The summed E-state index contributed by atoms with van der Waals surface area (Å²) in [6.07, 6.45) is -0.413. The average molecular weight is 621 g/mol. The van der Waals surface area contributed by atoms with Crippen LogP contribution in [0.15, 0.2) is 54.6 Å². The predicted octanol–water partition coefficient (Wildman–Crippen LogP) is 5.40. The Kier molecular flexibility index (Phi) is 13.1. The minimum absolute atomic E-state index is 0.0214. The van der Waals surface area contributed by atoms with Crippen molar-refractivity contribution in [2.45, 2.75) is 104 Å². The van der Waals surface area contributed by atoms with Gasteiger partial charge in [-0.1, -0.05) is 74.0 Å². The third-order valence-corrected chi connectivity index (χ3v) is 6.46. The zero-order valence-corrected chi connectivity index (χ0v) is 28.0. The summed E-state index contributed by atoms with van der Waals surface area (Å²) < 4.78 is 11.1. The van der Waals surface area contributed by atoms with E-state index in [1.807, 2.05) is 57.2 Å². The van der Waals surface area contributed by atoms with E-state index in [1.165, 1.54) is 0 Å². The lowest BCUT2D eigenvalue weighted by Gasteiger charge is -2.34. The third kappa shape index (κ3) is 12.6. The van der Waals surface area contributed by atoms with Gasteiger partial charge < -0.3 is 25.0 Å². The molecule has 10 heteroatoms. The van der Waals surface area contributed by atoms with Crippen molar-refractivity contribution in [3.05, 3.63) is 71.3 Å². The lowest BCUT2D eigenvalue weighted by Crippen LogP contribution is -2.55. The molecule has 3 unspecified atom stereocenters. The van der Waals surface area contributed by atoms with Crippen LogP contribution in [0.25, 0.3) is 0 Å². The highest BCUT2D eigenvalue weighted by Crippen LogP contribution is 2.25. The van der Waals surface area contributed by atoms with Gasteiger partial charge in [-0.3, -0.25) is 9.59 Å².